The fourth-order valence-electron chi connectivity index (χ4n) is 0. The van der Waals surface area contributed by atoms with Crippen LogP contribution in [-0.4, -0.2) is 9.29 Å². The van der Waals surface area contributed by atoms with Gasteiger partial charge in [-0.3, -0.25) is 8.92 Å². The third kappa shape index (κ3) is 46.4. The zero-order valence-electron chi connectivity index (χ0n) is 2.43. The molecular weight excluding hydrogens is 177 g/mol. The summed E-state index contributed by atoms with van der Waals surface area (Å²) in [6, 6.07) is 0. The van der Waals surface area contributed by atoms with E-state index in [4.69, 9.17) is 8.92 Å². The van der Waals surface area contributed by atoms with Crippen molar-refractivity contribution in [2.45, 2.75) is 0 Å². The molecule has 0 aliphatic rings. The van der Waals surface area contributed by atoms with Crippen LogP contribution in [0.1, 0.15) is 0 Å². The van der Waals surface area contributed by atoms with E-state index in [-0.39, 0.29) is 36.8 Å². The second-order valence-electron chi connectivity index (χ2n) is 0.0833. The molecule has 5 heteroatoms. The van der Waals surface area contributed by atoms with Gasteiger partial charge in [-0.1, -0.05) is 0 Å². The van der Waals surface area contributed by atoms with Crippen molar-refractivity contribution in [3.8, 4) is 0 Å². The first-order chi connectivity index (χ1) is 1.41. The SMILES string of the molecule is O=[Si]=O.[Cr].[Zn]. The monoisotopic (exact) mass is 176 g/mol. The van der Waals surface area contributed by atoms with Crippen molar-refractivity contribution < 1.29 is 45.8 Å². The number of hydrogen-bond donors (Lipinski definition) is 0. The second kappa shape index (κ2) is 20.2. The van der Waals surface area contributed by atoms with Gasteiger partial charge < -0.3 is 0 Å². The molecule has 0 unspecified atom stereocenters. The minimum Gasteiger partial charge on any atom is -0.274 e. The van der Waals surface area contributed by atoms with E-state index in [9.17, 15) is 0 Å². The van der Waals surface area contributed by atoms with Crippen molar-refractivity contribution in [2.75, 3.05) is 0 Å². The molecule has 0 saturated heterocycles. The predicted molar refractivity (Wildman–Crippen MR) is 7.13 cm³/mol. The van der Waals surface area contributed by atoms with Gasteiger partial charge in [-0.25, -0.2) is 0 Å². The summed E-state index contributed by atoms with van der Waals surface area (Å²) in [5.74, 6) is 0. The molecule has 0 rings (SSSR count). The van der Waals surface area contributed by atoms with E-state index in [1.165, 1.54) is 0 Å². The van der Waals surface area contributed by atoms with Crippen molar-refractivity contribution in [1.82, 2.24) is 0 Å². The minimum absolute atomic E-state index is 0. The van der Waals surface area contributed by atoms with E-state index < -0.39 is 9.29 Å². The molecule has 0 bridgehead atoms. The Morgan fingerprint density at radius 2 is 1.20 bits per heavy atom. The zero-order chi connectivity index (χ0) is 2.71. The molecule has 0 aromatic rings. The van der Waals surface area contributed by atoms with Gasteiger partial charge in [-0.15, -0.1) is 0 Å². The van der Waals surface area contributed by atoms with Crippen LogP contribution in [0.2, 0.25) is 0 Å². The summed E-state index contributed by atoms with van der Waals surface area (Å²) < 4.78 is 16.8. The summed E-state index contributed by atoms with van der Waals surface area (Å²) >= 11 is 0. The van der Waals surface area contributed by atoms with Gasteiger partial charge in [0.25, 0.3) is 0 Å². The van der Waals surface area contributed by atoms with E-state index in [0.717, 1.165) is 0 Å². The molecule has 2 nitrogen and oxygen atoms in total. The second-order valence-corrected chi connectivity index (χ2v) is 0.250. The van der Waals surface area contributed by atoms with Crippen LogP contribution in [0.3, 0.4) is 0 Å². The maximum atomic E-state index is 8.40. The van der Waals surface area contributed by atoms with Crippen molar-refractivity contribution in [2.24, 2.45) is 0 Å². The minimum atomic E-state index is -1.42. The molecule has 0 aromatic carbocycles. The summed E-state index contributed by atoms with van der Waals surface area (Å²) in [5, 5.41) is 0. The average molecular weight is 177 g/mol. The fraction of sp³-hybridized carbons (Fsp3) is 0. The summed E-state index contributed by atoms with van der Waals surface area (Å²) in [6.45, 7) is 0. The molecule has 0 atom stereocenters. The largest absolute Gasteiger partial charge is 0.549 e. The number of rotatable bonds is 0. The number of hydrogen-bond acceptors (Lipinski definition) is 2. The van der Waals surface area contributed by atoms with E-state index in [2.05, 4.69) is 0 Å². The Morgan fingerprint density at radius 1 is 1.20 bits per heavy atom. The molecule has 0 amide bonds. The van der Waals surface area contributed by atoms with Gasteiger partial charge in [-0.2, -0.15) is 0 Å². The summed E-state index contributed by atoms with van der Waals surface area (Å²) in [7, 11) is -1.42. The van der Waals surface area contributed by atoms with Gasteiger partial charge in [0.1, 0.15) is 0 Å². The van der Waals surface area contributed by atoms with Crippen LogP contribution in [0.15, 0.2) is 0 Å². The van der Waals surface area contributed by atoms with Crippen LogP contribution < -0.4 is 0 Å². The summed E-state index contributed by atoms with van der Waals surface area (Å²) in [6.07, 6.45) is 0. The Labute approximate surface area is 55.2 Å². The Bertz CT molecular complexity index is 30.6. The van der Waals surface area contributed by atoms with Crippen molar-refractivity contribution in [3.63, 3.8) is 0 Å². The van der Waals surface area contributed by atoms with E-state index in [0.29, 0.717) is 0 Å². The molecule has 0 saturated carbocycles. The van der Waals surface area contributed by atoms with Crippen LogP contribution in [0, 0.1) is 0 Å². The van der Waals surface area contributed by atoms with Crippen LogP contribution >= 0.6 is 0 Å². The molecule has 0 heterocycles. The van der Waals surface area contributed by atoms with Gasteiger partial charge in [0.2, 0.25) is 0 Å². The van der Waals surface area contributed by atoms with Crippen LogP contribution in [-0.2, 0) is 45.8 Å². The van der Waals surface area contributed by atoms with E-state index >= 15 is 0 Å². The van der Waals surface area contributed by atoms with E-state index in [1.54, 1.807) is 0 Å². The molecule has 0 aromatic heterocycles. The molecule has 0 aliphatic carbocycles. The zero-order valence-corrected chi connectivity index (χ0v) is 7.67. The molecule has 24 valence electrons. The van der Waals surface area contributed by atoms with Gasteiger partial charge >= 0.3 is 9.29 Å². The maximum Gasteiger partial charge on any atom is 0.549 e. The maximum absolute atomic E-state index is 8.40. The molecule has 0 spiro atoms. The van der Waals surface area contributed by atoms with Gasteiger partial charge in [0.05, 0.1) is 0 Å². The molecular formula is CrO2SiZn. The first-order valence-corrected chi connectivity index (χ1v) is 1.22. The Morgan fingerprint density at radius 3 is 1.20 bits per heavy atom. The summed E-state index contributed by atoms with van der Waals surface area (Å²) in [4.78, 5) is 0. The molecule has 5 heavy (non-hydrogen) atoms. The quantitative estimate of drug-likeness (QED) is 0.462. The molecule has 0 radical (unpaired) electrons. The van der Waals surface area contributed by atoms with Crippen LogP contribution in [0.5, 0.6) is 0 Å². The van der Waals surface area contributed by atoms with Gasteiger partial charge in [0.15, 0.2) is 0 Å². The fourth-order valence-corrected chi connectivity index (χ4v) is 0. The van der Waals surface area contributed by atoms with Crippen molar-refractivity contribution >= 4 is 9.29 Å². The third-order valence-electron chi connectivity index (χ3n) is 0. The smallest absolute Gasteiger partial charge is 0.274 e. The van der Waals surface area contributed by atoms with E-state index in [1.807, 2.05) is 0 Å². The molecule has 0 fully saturated rings. The predicted octanol–water partition coefficient (Wildman–Crippen LogP) is -0.623. The topological polar surface area (TPSA) is 34.1 Å². The van der Waals surface area contributed by atoms with Crippen molar-refractivity contribution in [3.05, 3.63) is 0 Å². The first kappa shape index (κ1) is 16.7. The Balaban J connectivity index is -0.0000000200. The Hall–Kier alpha value is 0.973. The van der Waals surface area contributed by atoms with Crippen LogP contribution in [0.4, 0.5) is 0 Å². The van der Waals surface area contributed by atoms with Gasteiger partial charge in [-0.05, 0) is 0 Å². The summed E-state index contributed by atoms with van der Waals surface area (Å²) in [5.41, 5.74) is 0. The average Bonchev–Trinajstić information content (AvgIpc) is 0.918. The van der Waals surface area contributed by atoms with Crippen molar-refractivity contribution in [1.29, 1.82) is 0 Å². The normalized spacial score (nSPS) is 1.60. The first-order valence-electron chi connectivity index (χ1n) is 0.408. The molecule has 0 N–H and O–H groups in total. The molecule has 0 aliphatic heterocycles. The standard InChI is InChI=1S/Cr.O2Si.Zn/c;1-3-2;. The third-order valence-corrected chi connectivity index (χ3v) is 0. The van der Waals surface area contributed by atoms with Gasteiger partial charge in [0, 0.05) is 36.8 Å². The van der Waals surface area contributed by atoms with Crippen LogP contribution in [0.25, 0.3) is 0 Å². The Kier molecular flexibility index (Phi) is 67.4.